The SMILES string of the molecule is CCCS(=O)(=O)N1CCCC1C(=O)OCC(=O)NC(=O)NC(C)(C)C. The van der Waals surface area contributed by atoms with E-state index in [0.29, 0.717) is 19.3 Å². The third kappa shape index (κ3) is 6.99. The number of esters is 1. The van der Waals surface area contributed by atoms with Crippen molar-refractivity contribution < 1.29 is 27.5 Å². The third-order valence-electron chi connectivity index (χ3n) is 3.38. The highest BCUT2D eigenvalue weighted by molar-refractivity contribution is 7.89. The molecule has 3 amide bonds. The van der Waals surface area contributed by atoms with Crippen molar-refractivity contribution in [1.82, 2.24) is 14.9 Å². The Kier molecular flexibility index (Phi) is 7.36. The number of nitrogens with zero attached hydrogens (tertiary/aromatic N) is 1. The minimum Gasteiger partial charge on any atom is -0.454 e. The van der Waals surface area contributed by atoms with Crippen molar-refractivity contribution in [2.24, 2.45) is 0 Å². The lowest BCUT2D eigenvalue weighted by Crippen LogP contribution is -2.49. The van der Waals surface area contributed by atoms with E-state index in [-0.39, 0.29) is 12.3 Å². The third-order valence-corrected chi connectivity index (χ3v) is 5.46. The lowest BCUT2D eigenvalue weighted by molar-refractivity contribution is -0.151. The van der Waals surface area contributed by atoms with Crippen LogP contribution in [0, 0.1) is 0 Å². The van der Waals surface area contributed by atoms with Crippen molar-refractivity contribution in [2.45, 2.75) is 58.5 Å². The van der Waals surface area contributed by atoms with Gasteiger partial charge in [-0.1, -0.05) is 6.92 Å². The van der Waals surface area contributed by atoms with Crippen molar-refractivity contribution in [1.29, 1.82) is 0 Å². The van der Waals surface area contributed by atoms with Crippen LogP contribution in [-0.4, -0.2) is 61.1 Å². The van der Waals surface area contributed by atoms with Gasteiger partial charge in [0.1, 0.15) is 6.04 Å². The summed E-state index contributed by atoms with van der Waals surface area (Å²) >= 11 is 0. The van der Waals surface area contributed by atoms with Gasteiger partial charge in [0.25, 0.3) is 5.91 Å². The Labute approximate surface area is 148 Å². The molecule has 1 heterocycles. The number of ether oxygens (including phenoxy) is 1. The van der Waals surface area contributed by atoms with Crippen LogP contribution in [0.3, 0.4) is 0 Å². The first-order chi connectivity index (χ1) is 11.5. The Morgan fingerprint density at radius 2 is 1.88 bits per heavy atom. The predicted octanol–water partition coefficient (Wildman–Crippen LogP) is 0.358. The molecule has 1 fully saturated rings. The normalized spacial score (nSPS) is 18.6. The molecule has 144 valence electrons. The smallest absolute Gasteiger partial charge is 0.324 e. The maximum absolute atomic E-state index is 12.2. The Hall–Kier alpha value is -1.68. The zero-order valence-electron chi connectivity index (χ0n) is 15.1. The monoisotopic (exact) mass is 377 g/mol. The summed E-state index contributed by atoms with van der Waals surface area (Å²) in [5, 5.41) is 4.58. The van der Waals surface area contributed by atoms with Crippen molar-refractivity contribution in [3.8, 4) is 0 Å². The van der Waals surface area contributed by atoms with Crippen molar-refractivity contribution in [3.05, 3.63) is 0 Å². The second kappa shape index (κ2) is 8.61. The number of amides is 3. The van der Waals surface area contributed by atoms with E-state index >= 15 is 0 Å². The fourth-order valence-corrected chi connectivity index (χ4v) is 4.19. The summed E-state index contributed by atoms with van der Waals surface area (Å²) in [6.45, 7) is 6.62. The summed E-state index contributed by atoms with van der Waals surface area (Å²) < 4.78 is 30.3. The van der Waals surface area contributed by atoms with Gasteiger partial charge in [0, 0.05) is 12.1 Å². The van der Waals surface area contributed by atoms with E-state index in [1.807, 2.05) is 5.32 Å². The summed E-state index contributed by atoms with van der Waals surface area (Å²) in [6.07, 6.45) is 1.36. The summed E-state index contributed by atoms with van der Waals surface area (Å²) in [7, 11) is -3.51. The van der Waals surface area contributed by atoms with Gasteiger partial charge in [-0.25, -0.2) is 13.2 Å². The second-order valence-electron chi connectivity index (χ2n) is 6.94. The molecule has 1 unspecified atom stereocenters. The van der Waals surface area contributed by atoms with E-state index in [2.05, 4.69) is 5.32 Å². The van der Waals surface area contributed by atoms with Crippen molar-refractivity contribution in [2.75, 3.05) is 18.9 Å². The quantitative estimate of drug-likeness (QED) is 0.645. The molecule has 0 aromatic heterocycles. The predicted molar refractivity (Wildman–Crippen MR) is 91.2 cm³/mol. The van der Waals surface area contributed by atoms with Gasteiger partial charge in [-0.05, 0) is 40.0 Å². The van der Waals surface area contributed by atoms with Crippen LogP contribution in [0.2, 0.25) is 0 Å². The molecule has 0 aliphatic carbocycles. The van der Waals surface area contributed by atoms with E-state index in [1.165, 1.54) is 0 Å². The molecule has 0 spiro atoms. The molecule has 0 radical (unpaired) electrons. The average molecular weight is 377 g/mol. The first-order valence-corrected chi connectivity index (χ1v) is 9.85. The van der Waals surface area contributed by atoms with Gasteiger partial charge in [0.05, 0.1) is 5.75 Å². The van der Waals surface area contributed by atoms with E-state index in [1.54, 1.807) is 27.7 Å². The number of nitrogens with one attached hydrogen (secondary N) is 2. The Morgan fingerprint density at radius 1 is 1.24 bits per heavy atom. The molecule has 0 aromatic carbocycles. The molecule has 9 nitrogen and oxygen atoms in total. The van der Waals surface area contributed by atoms with E-state index in [9.17, 15) is 22.8 Å². The summed E-state index contributed by atoms with van der Waals surface area (Å²) in [6, 6.07) is -1.60. The number of hydrogen-bond donors (Lipinski definition) is 2. The summed E-state index contributed by atoms with van der Waals surface area (Å²) in [4.78, 5) is 35.3. The van der Waals surface area contributed by atoms with Crippen LogP contribution in [-0.2, 0) is 24.3 Å². The molecular formula is C15H27N3O6S. The number of sulfonamides is 1. The fourth-order valence-electron chi connectivity index (χ4n) is 2.45. The molecule has 1 aliphatic heterocycles. The van der Waals surface area contributed by atoms with Crippen LogP contribution in [0.4, 0.5) is 4.79 Å². The molecule has 0 saturated carbocycles. The molecule has 0 aromatic rings. The number of hydrogen-bond acceptors (Lipinski definition) is 6. The molecule has 1 atom stereocenters. The van der Waals surface area contributed by atoms with Gasteiger partial charge in [-0.3, -0.25) is 14.9 Å². The number of carbonyl (C=O) groups is 3. The molecule has 10 heteroatoms. The van der Waals surface area contributed by atoms with E-state index in [4.69, 9.17) is 4.74 Å². The molecular weight excluding hydrogens is 350 g/mol. The summed E-state index contributed by atoms with van der Waals surface area (Å²) in [5.74, 6) is -1.59. The van der Waals surface area contributed by atoms with Gasteiger partial charge in [-0.2, -0.15) is 4.31 Å². The molecule has 1 rings (SSSR count). The number of imide groups is 1. The Morgan fingerprint density at radius 3 is 2.44 bits per heavy atom. The van der Waals surface area contributed by atoms with Crippen molar-refractivity contribution in [3.63, 3.8) is 0 Å². The van der Waals surface area contributed by atoms with Crippen LogP contribution >= 0.6 is 0 Å². The maximum Gasteiger partial charge on any atom is 0.324 e. The Balaban J connectivity index is 2.53. The van der Waals surface area contributed by atoms with Crippen LogP contribution in [0.1, 0.15) is 47.0 Å². The zero-order valence-corrected chi connectivity index (χ0v) is 15.9. The van der Waals surface area contributed by atoms with Crippen LogP contribution in [0.5, 0.6) is 0 Å². The highest BCUT2D eigenvalue weighted by Crippen LogP contribution is 2.22. The fraction of sp³-hybridized carbons (Fsp3) is 0.800. The van der Waals surface area contributed by atoms with Crippen LogP contribution in [0.25, 0.3) is 0 Å². The van der Waals surface area contributed by atoms with Crippen LogP contribution in [0.15, 0.2) is 0 Å². The van der Waals surface area contributed by atoms with Crippen molar-refractivity contribution >= 4 is 27.9 Å². The lowest BCUT2D eigenvalue weighted by atomic mass is 10.1. The molecule has 25 heavy (non-hydrogen) atoms. The number of carbonyl (C=O) groups excluding carboxylic acids is 3. The van der Waals surface area contributed by atoms with Gasteiger partial charge < -0.3 is 10.1 Å². The van der Waals surface area contributed by atoms with E-state index < -0.39 is 46.1 Å². The first kappa shape index (κ1) is 21.4. The van der Waals surface area contributed by atoms with Crippen LogP contribution < -0.4 is 10.6 Å². The van der Waals surface area contributed by atoms with Gasteiger partial charge >= 0.3 is 12.0 Å². The molecule has 0 bridgehead atoms. The highest BCUT2D eigenvalue weighted by Gasteiger charge is 2.39. The minimum absolute atomic E-state index is 0.0375. The summed E-state index contributed by atoms with van der Waals surface area (Å²) in [5.41, 5.74) is -0.515. The minimum atomic E-state index is -3.51. The van der Waals surface area contributed by atoms with Gasteiger partial charge in [-0.15, -0.1) is 0 Å². The molecule has 2 N–H and O–H groups in total. The molecule has 1 saturated heterocycles. The van der Waals surface area contributed by atoms with Gasteiger partial charge in [0.2, 0.25) is 10.0 Å². The largest absolute Gasteiger partial charge is 0.454 e. The lowest BCUT2D eigenvalue weighted by Gasteiger charge is -2.22. The first-order valence-electron chi connectivity index (χ1n) is 8.24. The maximum atomic E-state index is 12.2. The zero-order chi connectivity index (χ0) is 19.3. The number of rotatable bonds is 6. The van der Waals surface area contributed by atoms with Gasteiger partial charge in [0.15, 0.2) is 6.61 Å². The molecule has 1 aliphatic rings. The topological polar surface area (TPSA) is 122 Å². The Bertz CT molecular complexity index is 611. The number of urea groups is 1. The second-order valence-corrected chi connectivity index (χ2v) is 8.99. The average Bonchev–Trinajstić information content (AvgIpc) is 2.92. The highest BCUT2D eigenvalue weighted by atomic mass is 32.2. The standard InChI is InChI=1S/C15H27N3O6S/c1-5-9-25(22,23)18-8-6-7-11(18)13(20)24-10-12(19)16-14(21)17-15(2,3)4/h11H,5-10H2,1-4H3,(H2,16,17,19,21). The van der Waals surface area contributed by atoms with E-state index in [0.717, 1.165) is 4.31 Å².